The van der Waals surface area contributed by atoms with Gasteiger partial charge in [0.1, 0.15) is 11.5 Å². The van der Waals surface area contributed by atoms with Gasteiger partial charge >= 0.3 is 0 Å². The van der Waals surface area contributed by atoms with E-state index in [4.69, 9.17) is 9.47 Å². The van der Waals surface area contributed by atoms with E-state index in [2.05, 4.69) is 5.32 Å². The van der Waals surface area contributed by atoms with Crippen molar-refractivity contribution in [1.82, 2.24) is 9.62 Å². The molecule has 7 nitrogen and oxygen atoms in total. The highest BCUT2D eigenvalue weighted by Gasteiger charge is 2.20. The quantitative estimate of drug-likeness (QED) is 0.639. The third kappa shape index (κ3) is 5.95. The maximum atomic E-state index is 12.5. The molecule has 8 heteroatoms. The second-order valence-corrected chi connectivity index (χ2v) is 8.69. The molecule has 1 atom stereocenters. The average molecular weight is 421 g/mol. The minimum absolute atomic E-state index is 0.159. The Morgan fingerprint density at radius 1 is 1.10 bits per heavy atom. The highest BCUT2D eigenvalue weighted by atomic mass is 32.2. The van der Waals surface area contributed by atoms with E-state index < -0.39 is 10.0 Å². The largest absolute Gasteiger partial charge is 0.497 e. The van der Waals surface area contributed by atoms with E-state index in [1.807, 2.05) is 13.0 Å². The molecular weight excluding hydrogens is 392 g/mol. The van der Waals surface area contributed by atoms with Crippen LogP contribution in [-0.4, -0.2) is 46.4 Å². The molecule has 2 aromatic rings. The van der Waals surface area contributed by atoms with Crippen molar-refractivity contribution in [2.45, 2.75) is 30.7 Å². The Balaban J connectivity index is 1.90. The normalized spacial score (nSPS) is 12.4. The van der Waals surface area contributed by atoms with Crippen molar-refractivity contribution < 1.29 is 22.7 Å². The summed E-state index contributed by atoms with van der Waals surface area (Å²) in [7, 11) is 1.12. The lowest BCUT2D eigenvalue weighted by Crippen LogP contribution is -2.30. The third-order valence-electron chi connectivity index (χ3n) is 4.61. The summed E-state index contributed by atoms with van der Waals surface area (Å²) >= 11 is 0. The first-order valence-electron chi connectivity index (χ1n) is 9.32. The van der Waals surface area contributed by atoms with E-state index in [0.29, 0.717) is 17.9 Å². The average Bonchev–Trinajstić information content (AvgIpc) is 2.73. The predicted molar refractivity (Wildman–Crippen MR) is 112 cm³/mol. The Kier molecular flexibility index (Phi) is 8.04. The molecule has 0 bridgehead atoms. The monoisotopic (exact) mass is 420 g/mol. The van der Waals surface area contributed by atoms with Crippen LogP contribution in [0.15, 0.2) is 53.4 Å². The van der Waals surface area contributed by atoms with Crippen LogP contribution in [0.5, 0.6) is 11.5 Å². The minimum Gasteiger partial charge on any atom is -0.497 e. The molecule has 0 spiro atoms. The van der Waals surface area contributed by atoms with Gasteiger partial charge in [-0.15, -0.1) is 0 Å². The third-order valence-corrected chi connectivity index (χ3v) is 6.48. The van der Waals surface area contributed by atoms with E-state index in [1.165, 1.54) is 11.4 Å². The van der Waals surface area contributed by atoms with Crippen LogP contribution in [0.25, 0.3) is 0 Å². The molecule has 0 heterocycles. The van der Waals surface area contributed by atoms with Gasteiger partial charge in [0.2, 0.25) is 15.9 Å². The molecular formula is C21H28N2O5S. The Hall–Kier alpha value is -2.58. The van der Waals surface area contributed by atoms with Crippen molar-refractivity contribution in [1.29, 1.82) is 0 Å². The molecule has 1 amide bonds. The Morgan fingerprint density at radius 2 is 1.79 bits per heavy atom. The molecule has 0 saturated carbocycles. The summed E-state index contributed by atoms with van der Waals surface area (Å²) in [5.41, 5.74) is 0.809. The number of amides is 1. The van der Waals surface area contributed by atoms with Gasteiger partial charge in [-0.05, 0) is 43.7 Å². The maximum absolute atomic E-state index is 12.5. The van der Waals surface area contributed by atoms with Crippen LogP contribution in [0, 0.1) is 0 Å². The zero-order chi connectivity index (χ0) is 21.4. The second-order valence-electron chi connectivity index (χ2n) is 6.64. The van der Waals surface area contributed by atoms with E-state index in [-0.39, 0.29) is 29.8 Å². The van der Waals surface area contributed by atoms with Crippen molar-refractivity contribution >= 4 is 15.9 Å². The number of nitrogens with one attached hydrogen (secondary N) is 1. The zero-order valence-electron chi connectivity index (χ0n) is 17.2. The number of benzene rings is 2. The minimum atomic E-state index is -3.55. The SMILES string of the molecule is COc1ccc(OC)c([C@H](C)NC(=O)CCCN(C)S(=O)(=O)c2ccccc2)c1. The van der Waals surface area contributed by atoms with Gasteiger partial charge in [-0.1, -0.05) is 18.2 Å². The molecule has 0 fully saturated rings. The van der Waals surface area contributed by atoms with Crippen LogP contribution in [0.1, 0.15) is 31.4 Å². The van der Waals surface area contributed by atoms with Crippen LogP contribution in [0.4, 0.5) is 0 Å². The predicted octanol–water partition coefficient (Wildman–Crippen LogP) is 2.98. The first-order chi connectivity index (χ1) is 13.8. The van der Waals surface area contributed by atoms with E-state index in [9.17, 15) is 13.2 Å². The molecule has 29 heavy (non-hydrogen) atoms. The molecule has 158 valence electrons. The van der Waals surface area contributed by atoms with Crippen LogP contribution in [0.3, 0.4) is 0 Å². The fourth-order valence-electron chi connectivity index (χ4n) is 2.92. The van der Waals surface area contributed by atoms with Gasteiger partial charge < -0.3 is 14.8 Å². The Bertz CT molecular complexity index is 916. The fraction of sp³-hybridized carbons (Fsp3) is 0.381. The van der Waals surface area contributed by atoms with Crippen molar-refractivity contribution in [2.75, 3.05) is 27.8 Å². The standard InChI is InChI=1S/C21H28N2O5S/c1-16(19-15-17(27-3)12-13-20(19)28-4)22-21(24)11-8-14-23(2)29(25,26)18-9-6-5-7-10-18/h5-7,9-10,12-13,15-16H,8,11,14H2,1-4H3,(H,22,24)/t16-/m0/s1. The number of rotatable bonds is 10. The van der Waals surface area contributed by atoms with Gasteiger partial charge in [-0.2, -0.15) is 0 Å². The molecule has 0 aliphatic heterocycles. The molecule has 0 radical (unpaired) electrons. The summed E-state index contributed by atoms with van der Waals surface area (Å²) in [6.07, 6.45) is 0.627. The molecule has 0 aliphatic carbocycles. The molecule has 0 saturated heterocycles. The van der Waals surface area contributed by atoms with Gasteiger partial charge in [-0.25, -0.2) is 12.7 Å². The van der Waals surface area contributed by atoms with Crippen LogP contribution >= 0.6 is 0 Å². The van der Waals surface area contributed by atoms with Gasteiger partial charge in [0.25, 0.3) is 0 Å². The topological polar surface area (TPSA) is 84.9 Å². The van der Waals surface area contributed by atoms with Gasteiger partial charge in [0.15, 0.2) is 0 Å². The van der Waals surface area contributed by atoms with E-state index >= 15 is 0 Å². The summed E-state index contributed by atoms with van der Waals surface area (Å²) in [5.74, 6) is 1.18. The first-order valence-corrected chi connectivity index (χ1v) is 10.8. The summed E-state index contributed by atoms with van der Waals surface area (Å²) in [6.45, 7) is 2.11. The van der Waals surface area contributed by atoms with Crippen LogP contribution in [-0.2, 0) is 14.8 Å². The number of nitrogens with zero attached hydrogens (tertiary/aromatic N) is 1. The summed E-state index contributed by atoms with van der Waals surface area (Å²) in [6, 6.07) is 13.4. The van der Waals surface area contributed by atoms with Crippen molar-refractivity contribution in [3.05, 3.63) is 54.1 Å². The molecule has 2 aromatic carbocycles. The van der Waals surface area contributed by atoms with Crippen molar-refractivity contribution in [2.24, 2.45) is 0 Å². The maximum Gasteiger partial charge on any atom is 0.242 e. The molecule has 0 unspecified atom stereocenters. The lowest BCUT2D eigenvalue weighted by molar-refractivity contribution is -0.121. The van der Waals surface area contributed by atoms with Crippen LogP contribution < -0.4 is 14.8 Å². The van der Waals surface area contributed by atoms with Gasteiger partial charge in [-0.3, -0.25) is 4.79 Å². The number of carbonyl (C=O) groups is 1. The molecule has 0 aliphatic rings. The first kappa shape index (κ1) is 22.7. The number of methoxy groups -OCH3 is 2. The number of carbonyl (C=O) groups excluding carboxylic acids is 1. The van der Waals surface area contributed by atoms with Crippen molar-refractivity contribution in [3.8, 4) is 11.5 Å². The second kappa shape index (κ2) is 10.3. The Labute approximate surface area is 172 Å². The summed E-state index contributed by atoms with van der Waals surface area (Å²) in [4.78, 5) is 12.6. The fourth-order valence-corrected chi connectivity index (χ4v) is 4.15. The number of hydrogen-bond acceptors (Lipinski definition) is 5. The van der Waals surface area contributed by atoms with Gasteiger partial charge in [0.05, 0.1) is 25.2 Å². The van der Waals surface area contributed by atoms with Crippen LogP contribution in [0.2, 0.25) is 0 Å². The lowest BCUT2D eigenvalue weighted by Gasteiger charge is -2.19. The molecule has 1 N–H and O–H groups in total. The Morgan fingerprint density at radius 3 is 2.41 bits per heavy atom. The smallest absolute Gasteiger partial charge is 0.242 e. The number of hydrogen-bond donors (Lipinski definition) is 1. The zero-order valence-corrected chi connectivity index (χ0v) is 18.0. The highest BCUT2D eigenvalue weighted by Crippen LogP contribution is 2.29. The van der Waals surface area contributed by atoms with E-state index in [1.54, 1.807) is 56.7 Å². The number of ether oxygens (including phenoxy) is 2. The van der Waals surface area contributed by atoms with Gasteiger partial charge in [0, 0.05) is 25.6 Å². The molecule has 2 rings (SSSR count). The highest BCUT2D eigenvalue weighted by molar-refractivity contribution is 7.89. The molecule has 0 aromatic heterocycles. The summed E-state index contributed by atoms with van der Waals surface area (Å²) < 4.78 is 36.9. The van der Waals surface area contributed by atoms with Crippen molar-refractivity contribution in [3.63, 3.8) is 0 Å². The number of sulfonamides is 1. The summed E-state index contributed by atoms with van der Waals surface area (Å²) in [5, 5.41) is 2.92. The van der Waals surface area contributed by atoms with E-state index in [0.717, 1.165) is 5.56 Å². The lowest BCUT2D eigenvalue weighted by atomic mass is 10.1.